The molecule has 0 spiro atoms. The lowest BCUT2D eigenvalue weighted by molar-refractivity contribution is -0.137. The number of nitrogens with zero attached hydrogens (tertiary/aromatic N) is 1. The highest BCUT2D eigenvalue weighted by molar-refractivity contribution is 6.31. The summed E-state index contributed by atoms with van der Waals surface area (Å²) in [5.74, 6) is -0.0224. The predicted molar refractivity (Wildman–Crippen MR) is 88.2 cm³/mol. The molecule has 0 unspecified atom stereocenters. The molecule has 0 aliphatic carbocycles. The van der Waals surface area contributed by atoms with Crippen LogP contribution in [0.1, 0.15) is 15.9 Å². The van der Waals surface area contributed by atoms with Gasteiger partial charge in [0.05, 0.1) is 22.8 Å². The van der Waals surface area contributed by atoms with Crippen LogP contribution in [0.4, 0.5) is 24.7 Å². The van der Waals surface area contributed by atoms with Crippen LogP contribution in [0.5, 0.6) is 0 Å². The lowest BCUT2D eigenvalue weighted by Crippen LogP contribution is -2.26. The normalized spacial score (nSPS) is 11.2. The fraction of sp³-hybridized carbons (Fsp3) is 0.250. The molecule has 134 valence electrons. The molecule has 0 saturated heterocycles. The number of aromatic nitrogens is 1. The molecule has 2 N–H and O–H groups in total. The van der Waals surface area contributed by atoms with Gasteiger partial charge in [-0.05, 0) is 30.3 Å². The van der Waals surface area contributed by atoms with E-state index in [1.807, 2.05) is 0 Å². The summed E-state index contributed by atoms with van der Waals surface area (Å²) >= 11 is 5.57. The molecule has 0 bridgehead atoms. The SMILES string of the molecule is COCCNC(=O)c1ccc(Nc2ccc(Cl)c(C(F)(F)F)c2)nc1. The van der Waals surface area contributed by atoms with Gasteiger partial charge in [0.1, 0.15) is 5.82 Å². The molecular formula is C16H15ClF3N3O2. The Morgan fingerprint density at radius 3 is 2.64 bits per heavy atom. The van der Waals surface area contributed by atoms with Gasteiger partial charge < -0.3 is 15.4 Å². The van der Waals surface area contributed by atoms with Crippen molar-refractivity contribution >= 4 is 29.0 Å². The molecule has 0 saturated carbocycles. The van der Waals surface area contributed by atoms with Gasteiger partial charge in [0.15, 0.2) is 0 Å². The summed E-state index contributed by atoms with van der Waals surface area (Å²) in [5, 5.41) is 5.00. The van der Waals surface area contributed by atoms with Crippen LogP contribution in [0.2, 0.25) is 5.02 Å². The number of anilines is 2. The molecule has 25 heavy (non-hydrogen) atoms. The van der Waals surface area contributed by atoms with E-state index in [-0.39, 0.29) is 16.6 Å². The topological polar surface area (TPSA) is 63.2 Å². The Morgan fingerprint density at radius 2 is 2.04 bits per heavy atom. The summed E-state index contributed by atoms with van der Waals surface area (Å²) in [5.41, 5.74) is -0.427. The second kappa shape index (κ2) is 8.17. The van der Waals surface area contributed by atoms with Crippen molar-refractivity contribution in [1.82, 2.24) is 10.3 Å². The number of hydrogen-bond donors (Lipinski definition) is 2. The van der Waals surface area contributed by atoms with Crippen LogP contribution in [-0.2, 0) is 10.9 Å². The lowest BCUT2D eigenvalue weighted by Gasteiger charge is -2.12. The maximum absolute atomic E-state index is 12.9. The number of pyridine rings is 1. The van der Waals surface area contributed by atoms with Crippen LogP contribution < -0.4 is 10.6 Å². The first-order chi connectivity index (χ1) is 11.8. The van der Waals surface area contributed by atoms with Crippen molar-refractivity contribution in [2.45, 2.75) is 6.18 Å². The van der Waals surface area contributed by atoms with Crippen LogP contribution >= 0.6 is 11.6 Å². The average molecular weight is 374 g/mol. The second-order valence-electron chi connectivity index (χ2n) is 5.00. The monoisotopic (exact) mass is 373 g/mol. The number of hydrogen-bond acceptors (Lipinski definition) is 4. The third kappa shape index (κ3) is 5.33. The number of methoxy groups -OCH3 is 1. The maximum atomic E-state index is 12.9. The van der Waals surface area contributed by atoms with E-state index in [0.29, 0.717) is 24.5 Å². The van der Waals surface area contributed by atoms with Gasteiger partial charge in [-0.15, -0.1) is 0 Å². The molecule has 1 aromatic heterocycles. The van der Waals surface area contributed by atoms with E-state index in [4.69, 9.17) is 16.3 Å². The molecule has 0 aliphatic rings. The number of halogens is 4. The molecule has 1 amide bonds. The van der Waals surface area contributed by atoms with Crippen LogP contribution in [0.15, 0.2) is 36.5 Å². The fourth-order valence-corrected chi connectivity index (χ4v) is 2.16. The molecule has 0 radical (unpaired) electrons. The second-order valence-corrected chi connectivity index (χ2v) is 5.41. The Morgan fingerprint density at radius 1 is 1.28 bits per heavy atom. The zero-order valence-corrected chi connectivity index (χ0v) is 13.9. The highest BCUT2D eigenvalue weighted by Gasteiger charge is 2.33. The number of ether oxygens (including phenoxy) is 1. The molecule has 0 aliphatic heterocycles. The smallest absolute Gasteiger partial charge is 0.383 e. The third-order valence-corrected chi connectivity index (χ3v) is 3.49. The van der Waals surface area contributed by atoms with Gasteiger partial charge >= 0.3 is 6.18 Å². The largest absolute Gasteiger partial charge is 0.417 e. The van der Waals surface area contributed by atoms with Crippen molar-refractivity contribution in [2.75, 3.05) is 25.6 Å². The van der Waals surface area contributed by atoms with E-state index in [9.17, 15) is 18.0 Å². The number of benzene rings is 1. The van der Waals surface area contributed by atoms with E-state index in [1.54, 1.807) is 0 Å². The first kappa shape index (κ1) is 19.0. The van der Waals surface area contributed by atoms with Gasteiger partial charge in [-0.25, -0.2) is 4.98 Å². The molecule has 2 rings (SSSR count). The first-order valence-electron chi connectivity index (χ1n) is 7.18. The number of amides is 1. The van der Waals surface area contributed by atoms with E-state index >= 15 is 0 Å². The lowest BCUT2D eigenvalue weighted by atomic mass is 10.2. The van der Waals surface area contributed by atoms with E-state index < -0.39 is 11.7 Å². The Balaban J connectivity index is 2.08. The van der Waals surface area contributed by atoms with Gasteiger partial charge in [0.25, 0.3) is 5.91 Å². The summed E-state index contributed by atoms with van der Waals surface area (Å²) in [7, 11) is 1.52. The Bertz CT molecular complexity index is 736. The summed E-state index contributed by atoms with van der Waals surface area (Å²) < 4.78 is 43.4. The standard InChI is InChI=1S/C16H15ClF3N3O2/c1-25-7-6-21-15(24)10-2-5-14(22-9-10)23-11-3-4-13(17)12(8-11)16(18,19)20/h2-5,8-9H,6-7H2,1H3,(H,21,24)(H,22,23). The fourth-order valence-electron chi connectivity index (χ4n) is 1.94. The number of carbonyl (C=O) groups excluding carboxylic acids is 1. The van der Waals surface area contributed by atoms with Crippen molar-refractivity contribution in [1.29, 1.82) is 0 Å². The zero-order chi connectivity index (χ0) is 18.4. The van der Waals surface area contributed by atoms with Gasteiger partial charge in [-0.1, -0.05) is 11.6 Å². The van der Waals surface area contributed by atoms with Crippen molar-refractivity contribution in [3.8, 4) is 0 Å². The van der Waals surface area contributed by atoms with Crippen molar-refractivity contribution in [3.63, 3.8) is 0 Å². The van der Waals surface area contributed by atoms with Crippen LogP contribution in [0, 0.1) is 0 Å². The molecule has 0 fully saturated rings. The summed E-state index contributed by atoms with van der Waals surface area (Å²) in [6.45, 7) is 0.747. The van der Waals surface area contributed by atoms with E-state index in [2.05, 4.69) is 15.6 Å². The highest BCUT2D eigenvalue weighted by Crippen LogP contribution is 2.36. The Kier molecular flexibility index (Phi) is 6.22. The van der Waals surface area contributed by atoms with Gasteiger partial charge in [-0.2, -0.15) is 13.2 Å². The number of carbonyl (C=O) groups is 1. The van der Waals surface area contributed by atoms with E-state index in [0.717, 1.165) is 12.1 Å². The van der Waals surface area contributed by atoms with Gasteiger partial charge in [-0.3, -0.25) is 4.79 Å². The minimum absolute atomic E-state index is 0.182. The Labute approximate surface area is 147 Å². The third-order valence-electron chi connectivity index (χ3n) is 3.16. The van der Waals surface area contributed by atoms with Crippen molar-refractivity contribution < 1.29 is 22.7 Å². The molecular weight excluding hydrogens is 359 g/mol. The van der Waals surface area contributed by atoms with E-state index in [1.165, 1.54) is 31.5 Å². The molecule has 5 nitrogen and oxygen atoms in total. The summed E-state index contributed by atoms with van der Waals surface area (Å²) in [4.78, 5) is 15.8. The quantitative estimate of drug-likeness (QED) is 0.754. The molecule has 1 aromatic carbocycles. The van der Waals surface area contributed by atoms with Crippen molar-refractivity contribution in [2.24, 2.45) is 0 Å². The van der Waals surface area contributed by atoms with Crippen LogP contribution in [0.25, 0.3) is 0 Å². The molecule has 9 heteroatoms. The maximum Gasteiger partial charge on any atom is 0.417 e. The zero-order valence-electron chi connectivity index (χ0n) is 13.2. The van der Waals surface area contributed by atoms with Gasteiger partial charge in [0.2, 0.25) is 0 Å². The number of nitrogens with one attached hydrogen (secondary N) is 2. The first-order valence-corrected chi connectivity index (χ1v) is 7.56. The van der Waals surface area contributed by atoms with Gasteiger partial charge in [0, 0.05) is 25.5 Å². The predicted octanol–water partition coefficient (Wildman–Crippen LogP) is 3.87. The number of alkyl halides is 3. The Hall–Kier alpha value is -2.32. The summed E-state index contributed by atoms with van der Waals surface area (Å²) in [6, 6.07) is 6.47. The molecule has 2 aromatic rings. The average Bonchev–Trinajstić information content (AvgIpc) is 2.56. The van der Waals surface area contributed by atoms with Crippen LogP contribution in [0.3, 0.4) is 0 Å². The number of rotatable bonds is 6. The minimum atomic E-state index is -4.55. The minimum Gasteiger partial charge on any atom is -0.383 e. The molecule has 0 atom stereocenters. The molecule has 1 heterocycles. The summed E-state index contributed by atoms with van der Waals surface area (Å²) in [6.07, 6.45) is -3.22. The van der Waals surface area contributed by atoms with Crippen molar-refractivity contribution in [3.05, 3.63) is 52.7 Å². The highest BCUT2D eigenvalue weighted by atomic mass is 35.5. The van der Waals surface area contributed by atoms with Crippen LogP contribution in [-0.4, -0.2) is 31.2 Å².